The molecule has 92 valence electrons. The highest BCUT2D eigenvalue weighted by atomic mass is 35.5. The van der Waals surface area contributed by atoms with E-state index in [1.165, 1.54) is 11.3 Å². The molecule has 17 heavy (non-hydrogen) atoms. The summed E-state index contributed by atoms with van der Waals surface area (Å²) < 4.78 is 0. The zero-order valence-electron chi connectivity index (χ0n) is 9.17. The summed E-state index contributed by atoms with van der Waals surface area (Å²) in [6, 6.07) is 0. The smallest absolute Gasteiger partial charge is 0.187 e. The number of fused-ring (bicyclic) bond motifs is 1. The Morgan fingerprint density at radius 1 is 1.47 bits per heavy atom. The standard InChI is InChI=1S/C11H13ClN2O2S/c12-10-9(5-15)17-11(13-10)14-3-6-1-2-8(16)7(6)4-14/h5-8,16H,1-4H2. The van der Waals surface area contributed by atoms with Crippen molar-refractivity contribution in [2.75, 3.05) is 18.0 Å². The third-order valence-corrected chi connectivity index (χ3v) is 5.24. The molecule has 6 heteroatoms. The summed E-state index contributed by atoms with van der Waals surface area (Å²) in [5, 5.41) is 10.9. The van der Waals surface area contributed by atoms with Crippen molar-refractivity contribution in [1.82, 2.24) is 4.98 Å². The first-order chi connectivity index (χ1) is 8.19. The van der Waals surface area contributed by atoms with Crippen molar-refractivity contribution in [2.45, 2.75) is 18.9 Å². The van der Waals surface area contributed by atoms with Gasteiger partial charge < -0.3 is 10.0 Å². The van der Waals surface area contributed by atoms with E-state index < -0.39 is 0 Å². The normalized spacial score (nSPS) is 31.9. The largest absolute Gasteiger partial charge is 0.393 e. The lowest BCUT2D eigenvalue weighted by Crippen LogP contribution is -2.24. The van der Waals surface area contributed by atoms with Crippen molar-refractivity contribution < 1.29 is 9.90 Å². The number of hydrogen-bond acceptors (Lipinski definition) is 5. The molecule has 2 aliphatic rings. The molecule has 2 fully saturated rings. The Morgan fingerprint density at radius 3 is 2.94 bits per heavy atom. The molecule has 0 bridgehead atoms. The second-order valence-corrected chi connectivity index (χ2v) is 6.11. The van der Waals surface area contributed by atoms with Crippen LogP contribution < -0.4 is 4.90 Å². The molecule has 2 heterocycles. The number of aliphatic hydroxyl groups is 1. The van der Waals surface area contributed by atoms with Crippen LogP contribution in [0.1, 0.15) is 22.5 Å². The first kappa shape index (κ1) is 11.4. The molecule has 0 radical (unpaired) electrons. The van der Waals surface area contributed by atoms with Crippen molar-refractivity contribution in [3.8, 4) is 0 Å². The summed E-state index contributed by atoms with van der Waals surface area (Å²) in [6.45, 7) is 1.75. The Kier molecular flexibility index (Phi) is 2.84. The summed E-state index contributed by atoms with van der Waals surface area (Å²) in [6.07, 6.45) is 2.57. The van der Waals surface area contributed by atoms with Gasteiger partial charge in [0, 0.05) is 19.0 Å². The number of carbonyl (C=O) groups is 1. The van der Waals surface area contributed by atoms with Gasteiger partial charge in [0.2, 0.25) is 0 Å². The number of hydrogen-bond donors (Lipinski definition) is 1. The highest BCUT2D eigenvalue weighted by molar-refractivity contribution is 7.17. The van der Waals surface area contributed by atoms with Gasteiger partial charge in [0.25, 0.3) is 0 Å². The van der Waals surface area contributed by atoms with Crippen molar-refractivity contribution >= 4 is 34.4 Å². The Hall–Kier alpha value is -0.650. The molecule has 3 rings (SSSR count). The van der Waals surface area contributed by atoms with Gasteiger partial charge in [0.15, 0.2) is 16.6 Å². The average molecular weight is 273 g/mol. The summed E-state index contributed by atoms with van der Waals surface area (Å²) >= 11 is 7.19. The number of halogens is 1. The van der Waals surface area contributed by atoms with Gasteiger partial charge in [0.1, 0.15) is 4.88 Å². The monoisotopic (exact) mass is 272 g/mol. The molecule has 1 saturated heterocycles. The van der Waals surface area contributed by atoms with Crippen molar-refractivity contribution in [2.24, 2.45) is 11.8 Å². The minimum absolute atomic E-state index is 0.175. The van der Waals surface area contributed by atoms with Gasteiger partial charge >= 0.3 is 0 Å². The molecule has 4 nitrogen and oxygen atoms in total. The number of aldehydes is 1. The number of nitrogens with zero attached hydrogens (tertiary/aromatic N) is 2. The number of rotatable bonds is 2. The fourth-order valence-corrected chi connectivity index (χ4v) is 3.98. The predicted octanol–water partition coefficient (Wildman–Crippen LogP) is 1.82. The average Bonchev–Trinajstić information content (AvgIpc) is 2.95. The van der Waals surface area contributed by atoms with Gasteiger partial charge in [-0.2, -0.15) is 0 Å². The zero-order chi connectivity index (χ0) is 12.0. The lowest BCUT2D eigenvalue weighted by Gasteiger charge is -2.16. The van der Waals surface area contributed by atoms with Gasteiger partial charge in [-0.15, -0.1) is 0 Å². The minimum Gasteiger partial charge on any atom is -0.393 e. The van der Waals surface area contributed by atoms with Crippen LogP contribution in [0.5, 0.6) is 0 Å². The van der Waals surface area contributed by atoms with E-state index in [4.69, 9.17) is 11.6 Å². The predicted molar refractivity (Wildman–Crippen MR) is 66.9 cm³/mol. The molecular formula is C11H13ClN2O2S. The van der Waals surface area contributed by atoms with Crippen molar-refractivity contribution in [3.63, 3.8) is 0 Å². The fraction of sp³-hybridized carbons (Fsp3) is 0.636. The van der Waals surface area contributed by atoms with Crippen LogP contribution >= 0.6 is 22.9 Å². The lowest BCUT2D eigenvalue weighted by molar-refractivity contribution is 0.112. The minimum atomic E-state index is -0.175. The Labute approximate surface area is 108 Å². The second-order valence-electron chi connectivity index (χ2n) is 4.74. The van der Waals surface area contributed by atoms with Crippen LogP contribution in [0, 0.1) is 11.8 Å². The summed E-state index contributed by atoms with van der Waals surface area (Å²) in [5.74, 6) is 0.921. The maximum Gasteiger partial charge on any atom is 0.187 e. The van der Waals surface area contributed by atoms with Crippen molar-refractivity contribution in [3.05, 3.63) is 10.0 Å². The van der Waals surface area contributed by atoms with Crippen LogP contribution in [0.4, 0.5) is 5.13 Å². The van der Waals surface area contributed by atoms with Gasteiger partial charge in [-0.05, 0) is 18.8 Å². The molecule has 0 amide bonds. The van der Waals surface area contributed by atoms with E-state index in [1.807, 2.05) is 0 Å². The molecule has 1 aliphatic heterocycles. The number of carbonyl (C=O) groups excluding carboxylic acids is 1. The number of thiazole rings is 1. The number of aliphatic hydroxyl groups excluding tert-OH is 1. The van der Waals surface area contributed by atoms with E-state index in [-0.39, 0.29) is 11.3 Å². The van der Waals surface area contributed by atoms with E-state index in [9.17, 15) is 9.90 Å². The molecule has 1 aromatic heterocycles. The molecule has 1 aromatic rings. The summed E-state index contributed by atoms with van der Waals surface area (Å²) in [5.41, 5.74) is 0. The summed E-state index contributed by atoms with van der Waals surface area (Å²) in [7, 11) is 0. The zero-order valence-corrected chi connectivity index (χ0v) is 10.7. The van der Waals surface area contributed by atoms with Gasteiger partial charge in [0.05, 0.1) is 6.10 Å². The van der Waals surface area contributed by atoms with E-state index in [1.54, 1.807) is 0 Å². The molecule has 3 unspecified atom stereocenters. The molecule has 3 atom stereocenters. The van der Waals surface area contributed by atoms with E-state index in [0.29, 0.717) is 16.7 Å². The van der Waals surface area contributed by atoms with E-state index in [2.05, 4.69) is 9.88 Å². The first-order valence-electron chi connectivity index (χ1n) is 5.73. The lowest BCUT2D eigenvalue weighted by atomic mass is 10.00. The quantitative estimate of drug-likeness (QED) is 0.835. The Bertz CT molecular complexity index is 451. The Morgan fingerprint density at radius 2 is 2.29 bits per heavy atom. The number of aromatic nitrogens is 1. The Balaban J connectivity index is 1.80. The van der Waals surface area contributed by atoms with Crippen LogP contribution in [0.15, 0.2) is 0 Å². The van der Waals surface area contributed by atoms with Gasteiger partial charge in [-0.25, -0.2) is 4.98 Å². The van der Waals surface area contributed by atoms with E-state index >= 15 is 0 Å². The topological polar surface area (TPSA) is 53.4 Å². The third kappa shape index (κ3) is 1.86. The fourth-order valence-electron chi connectivity index (χ4n) is 2.90. The first-order valence-corrected chi connectivity index (χ1v) is 6.93. The molecule has 1 saturated carbocycles. The molecule has 0 spiro atoms. The van der Waals surface area contributed by atoms with Gasteiger partial charge in [-0.1, -0.05) is 22.9 Å². The SMILES string of the molecule is O=Cc1sc(N2CC3CCC(O)C3C2)nc1Cl. The molecule has 1 aliphatic carbocycles. The van der Waals surface area contributed by atoms with Crippen molar-refractivity contribution in [1.29, 1.82) is 0 Å². The van der Waals surface area contributed by atoms with E-state index in [0.717, 1.165) is 37.3 Å². The third-order valence-electron chi connectivity index (χ3n) is 3.79. The maximum atomic E-state index is 10.7. The summed E-state index contributed by atoms with van der Waals surface area (Å²) in [4.78, 5) is 17.6. The van der Waals surface area contributed by atoms with Crippen LogP contribution in [0.2, 0.25) is 5.15 Å². The molecule has 1 N–H and O–H groups in total. The van der Waals surface area contributed by atoms with Crippen LogP contribution in [0.25, 0.3) is 0 Å². The second kappa shape index (κ2) is 4.23. The van der Waals surface area contributed by atoms with Crippen LogP contribution in [0.3, 0.4) is 0 Å². The molecule has 0 aromatic carbocycles. The number of anilines is 1. The van der Waals surface area contributed by atoms with Crippen LogP contribution in [-0.2, 0) is 0 Å². The highest BCUT2D eigenvalue weighted by Crippen LogP contribution is 2.41. The van der Waals surface area contributed by atoms with Gasteiger partial charge in [-0.3, -0.25) is 4.79 Å². The molecular weight excluding hydrogens is 260 g/mol. The highest BCUT2D eigenvalue weighted by Gasteiger charge is 2.42. The maximum absolute atomic E-state index is 10.7. The van der Waals surface area contributed by atoms with Crippen LogP contribution in [-0.4, -0.2) is 35.6 Å².